The molecule has 190 valence electrons. The normalized spacial score (nSPS) is 13.8. The van der Waals surface area contributed by atoms with E-state index in [2.05, 4.69) is 118 Å². The van der Waals surface area contributed by atoms with E-state index in [-0.39, 0.29) is 37.7 Å². The summed E-state index contributed by atoms with van der Waals surface area (Å²) in [6, 6.07) is 35.0. The van der Waals surface area contributed by atoms with Gasteiger partial charge in [-0.05, 0) is 31.2 Å². The topological polar surface area (TPSA) is 0 Å². The van der Waals surface area contributed by atoms with Crippen molar-refractivity contribution in [2.75, 3.05) is 0 Å². The Balaban J connectivity index is 0.00000161. The summed E-state index contributed by atoms with van der Waals surface area (Å²) in [6.45, 7) is 9.88. The number of aryl methyl sites for hydroxylation is 3. The van der Waals surface area contributed by atoms with Gasteiger partial charge in [0.25, 0.3) is 0 Å². The van der Waals surface area contributed by atoms with Crippen molar-refractivity contribution >= 4 is 40.0 Å². The van der Waals surface area contributed by atoms with Crippen LogP contribution in [0.3, 0.4) is 0 Å². The number of rotatable bonds is 5. The molecule has 0 nitrogen and oxygen atoms in total. The molecule has 0 heterocycles. The van der Waals surface area contributed by atoms with E-state index in [9.17, 15) is 0 Å². The summed E-state index contributed by atoms with van der Waals surface area (Å²) in [5, 5.41) is 8.99. The van der Waals surface area contributed by atoms with Crippen LogP contribution in [0.1, 0.15) is 47.1 Å². The summed E-state index contributed by atoms with van der Waals surface area (Å²) in [4.78, 5) is 0. The molecular formula is C37H36Li2Si. The Kier molecular flexibility index (Phi) is 8.21. The Morgan fingerprint density at radius 1 is 0.800 bits per heavy atom. The van der Waals surface area contributed by atoms with Gasteiger partial charge in [0.2, 0.25) is 0 Å². The van der Waals surface area contributed by atoms with Crippen molar-refractivity contribution in [3.05, 3.63) is 119 Å². The van der Waals surface area contributed by atoms with Gasteiger partial charge in [0.1, 0.15) is 0 Å². The summed E-state index contributed by atoms with van der Waals surface area (Å²) in [6.07, 6.45) is 4.86. The van der Waals surface area contributed by atoms with Crippen molar-refractivity contribution in [2.45, 2.75) is 58.5 Å². The van der Waals surface area contributed by atoms with Crippen LogP contribution in [-0.2, 0) is 19.3 Å². The third-order valence-corrected chi connectivity index (χ3v) is 12.9. The van der Waals surface area contributed by atoms with Gasteiger partial charge in [0, 0.05) is 0 Å². The molecule has 0 radical (unpaired) electrons. The van der Waals surface area contributed by atoms with Crippen molar-refractivity contribution in [1.82, 2.24) is 0 Å². The van der Waals surface area contributed by atoms with Gasteiger partial charge in [-0.1, -0.05) is 102 Å². The molecule has 0 spiro atoms. The van der Waals surface area contributed by atoms with Crippen LogP contribution >= 0.6 is 0 Å². The molecule has 3 aliphatic carbocycles. The molecule has 3 aliphatic rings. The van der Waals surface area contributed by atoms with Crippen molar-refractivity contribution in [2.24, 2.45) is 0 Å². The number of benzene rings is 4. The Morgan fingerprint density at radius 2 is 1.55 bits per heavy atom. The molecule has 0 aromatic heterocycles. The van der Waals surface area contributed by atoms with E-state index in [4.69, 9.17) is 0 Å². The van der Waals surface area contributed by atoms with Crippen molar-refractivity contribution in [3.63, 3.8) is 0 Å². The largest absolute Gasteiger partial charge is 1.00 e. The second-order valence-corrected chi connectivity index (χ2v) is 16.5. The molecule has 0 saturated carbocycles. The summed E-state index contributed by atoms with van der Waals surface area (Å²) in [5.74, 6) is 0.501. The second kappa shape index (κ2) is 11.2. The van der Waals surface area contributed by atoms with Crippen LogP contribution in [0.5, 0.6) is 0 Å². The Bertz CT molecular complexity index is 1770. The molecule has 0 amide bonds. The van der Waals surface area contributed by atoms with Crippen LogP contribution in [0.4, 0.5) is 0 Å². The smallest absolute Gasteiger partial charge is 0.147 e. The summed E-state index contributed by atoms with van der Waals surface area (Å²) >= 11 is 0. The first-order valence-corrected chi connectivity index (χ1v) is 17.3. The molecule has 4 aromatic rings. The van der Waals surface area contributed by atoms with Crippen molar-refractivity contribution in [1.29, 1.82) is 0 Å². The van der Waals surface area contributed by atoms with E-state index in [1.54, 1.807) is 27.1 Å². The molecule has 1 unspecified atom stereocenters. The second-order valence-electron chi connectivity index (χ2n) is 12.2. The van der Waals surface area contributed by atoms with Crippen molar-refractivity contribution < 1.29 is 37.7 Å². The van der Waals surface area contributed by atoms with Crippen LogP contribution in [-0.4, -0.2) is 8.07 Å². The average molecular weight is 523 g/mol. The molecule has 7 rings (SSSR count). The van der Waals surface area contributed by atoms with Crippen molar-refractivity contribution in [3.8, 4) is 11.1 Å². The molecule has 0 N–H and O–H groups in total. The Hall–Kier alpha value is -2.23. The van der Waals surface area contributed by atoms with Gasteiger partial charge < -0.3 is 0 Å². The maximum Gasteiger partial charge on any atom is 1.00 e. The van der Waals surface area contributed by atoms with Crippen LogP contribution < -0.4 is 48.1 Å². The minimum atomic E-state index is -1.99. The minimum Gasteiger partial charge on any atom is -0.147 e. The fourth-order valence-electron chi connectivity index (χ4n) is 7.31. The molecule has 0 bridgehead atoms. The Morgan fingerprint density at radius 3 is 2.35 bits per heavy atom. The Labute approximate surface area is 264 Å². The van der Waals surface area contributed by atoms with Crippen LogP contribution in [0.15, 0.2) is 91.0 Å². The maximum absolute atomic E-state index is 2.63. The zero-order chi connectivity index (χ0) is 26.0. The molecule has 1 atom stereocenters. The van der Waals surface area contributed by atoms with E-state index < -0.39 is 8.07 Å². The molecule has 40 heavy (non-hydrogen) atoms. The monoisotopic (exact) mass is 522 g/mol. The van der Waals surface area contributed by atoms with Gasteiger partial charge >= 0.3 is 37.7 Å². The maximum atomic E-state index is 2.63. The number of fused-ring (bicyclic) bond motifs is 5. The first-order chi connectivity index (χ1) is 18.4. The molecule has 0 saturated heterocycles. The predicted molar refractivity (Wildman–Crippen MR) is 168 cm³/mol. The quantitative estimate of drug-likeness (QED) is 0.241. The number of hydrogen-bond acceptors (Lipinski definition) is 0. The predicted octanol–water partition coefficient (Wildman–Crippen LogP) is 2.51. The van der Waals surface area contributed by atoms with E-state index in [1.165, 1.54) is 63.1 Å². The average Bonchev–Trinajstić information content (AvgIpc) is 3.64. The van der Waals surface area contributed by atoms with E-state index in [0.29, 0.717) is 5.92 Å². The molecule has 0 fully saturated rings. The SMILES string of the molecule is Cc1cc([Si](C)(C)c2cc(CC(C)c3ccccc3)[c-]3cc4c(cc23)CCC4)c2cc[c-]3ccccc3c1-2.[Li+].[Li+]. The minimum absolute atomic E-state index is 0. The van der Waals surface area contributed by atoms with Crippen LogP contribution in [0, 0.1) is 6.92 Å². The van der Waals surface area contributed by atoms with Gasteiger partial charge in [0.15, 0.2) is 0 Å². The van der Waals surface area contributed by atoms with Gasteiger partial charge in [0.05, 0.1) is 8.07 Å². The summed E-state index contributed by atoms with van der Waals surface area (Å²) < 4.78 is 0. The van der Waals surface area contributed by atoms with Crippen LogP contribution in [0.2, 0.25) is 13.1 Å². The zero-order valence-corrected chi connectivity index (χ0v) is 26.1. The van der Waals surface area contributed by atoms with Gasteiger partial charge in [-0.2, -0.15) is 0 Å². The number of hydrogen-bond donors (Lipinski definition) is 0. The molecule has 0 aliphatic heterocycles. The molecular weight excluding hydrogens is 486 g/mol. The van der Waals surface area contributed by atoms with Crippen LogP contribution in [0.25, 0.3) is 32.7 Å². The fraction of sp³-hybridized carbons (Fsp3) is 0.243. The zero-order valence-electron chi connectivity index (χ0n) is 25.1. The fourth-order valence-corrected chi connectivity index (χ4v) is 10.5. The summed E-state index contributed by atoms with van der Waals surface area (Å²) in [5.41, 5.74) is 10.5. The third-order valence-electron chi connectivity index (χ3n) is 9.40. The third kappa shape index (κ3) is 4.72. The van der Waals surface area contributed by atoms with E-state index >= 15 is 0 Å². The van der Waals surface area contributed by atoms with Gasteiger partial charge in [-0.25, -0.2) is 0 Å². The first-order valence-electron chi connectivity index (χ1n) is 14.3. The first kappa shape index (κ1) is 29.3. The van der Waals surface area contributed by atoms with E-state index in [0.717, 1.165) is 6.42 Å². The van der Waals surface area contributed by atoms with E-state index in [1.807, 2.05) is 0 Å². The standard InChI is InChI=1S/C37H36Si.2Li/c1-24(26-11-6-5-7-12-26)19-30-23-36(34-22-29-15-10-14-28(29)21-33(30)34)38(3,4)35-20-25(2)37-31-16-9-8-13-27(31)17-18-32(35)37;;/h5-9,11-13,16-18,20-24H,10,14-15,19H2,1-4H3;;/q-2;2*+1. The molecule has 3 heteroatoms. The van der Waals surface area contributed by atoms with Gasteiger partial charge in [-0.3, -0.25) is 0 Å². The van der Waals surface area contributed by atoms with Gasteiger partial charge in [-0.15, -0.1) is 87.2 Å². The molecule has 4 aromatic carbocycles. The summed E-state index contributed by atoms with van der Waals surface area (Å²) in [7, 11) is -1.99.